The van der Waals surface area contributed by atoms with Crippen LogP contribution in [0.15, 0.2) is 18.3 Å². The van der Waals surface area contributed by atoms with Gasteiger partial charge in [0.05, 0.1) is 0 Å². The lowest BCUT2D eigenvalue weighted by Gasteiger charge is -2.18. The Kier molecular flexibility index (Phi) is 3.81. The first-order valence-corrected chi connectivity index (χ1v) is 6.30. The average Bonchev–Trinajstić information content (AvgIpc) is 2.76. The molecular weight excluding hydrogens is 228 g/mol. The first-order valence-electron chi connectivity index (χ1n) is 6.30. The number of carbonyl (C=O) groups is 1. The van der Waals surface area contributed by atoms with Crippen molar-refractivity contribution in [1.29, 1.82) is 0 Å². The molecule has 2 rings (SSSR count). The predicted molar refractivity (Wildman–Crippen MR) is 71.3 cm³/mol. The largest absolute Gasteiger partial charge is 0.354 e. The normalized spacial score (nSPS) is 20.8. The maximum Gasteiger partial charge on any atom is 0.217 e. The van der Waals surface area contributed by atoms with Crippen LogP contribution in [0.4, 0.5) is 5.82 Å². The standard InChI is InChI=1S/C13H20N4O/c1-9(14)11-3-4-13(15-7-11)17-6-5-12(8-17)16-10(2)18/h3-4,7,9,12H,5-6,8,14H2,1-2H3,(H,16,18)/t9-,12?/m1/s1. The molecule has 0 saturated carbocycles. The summed E-state index contributed by atoms with van der Waals surface area (Å²) in [5, 5.41) is 2.94. The van der Waals surface area contributed by atoms with Gasteiger partial charge in [0.2, 0.25) is 5.91 Å². The molecule has 5 nitrogen and oxygen atoms in total. The van der Waals surface area contributed by atoms with Crippen LogP contribution >= 0.6 is 0 Å². The molecule has 5 heteroatoms. The Labute approximate surface area is 107 Å². The number of nitrogens with two attached hydrogens (primary N) is 1. The Morgan fingerprint density at radius 1 is 1.61 bits per heavy atom. The van der Waals surface area contributed by atoms with Gasteiger partial charge in [0, 0.05) is 38.3 Å². The van der Waals surface area contributed by atoms with Crippen LogP contribution in [0.5, 0.6) is 0 Å². The van der Waals surface area contributed by atoms with Crippen molar-refractivity contribution >= 4 is 11.7 Å². The summed E-state index contributed by atoms with van der Waals surface area (Å²) in [6.07, 6.45) is 2.79. The van der Waals surface area contributed by atoms with Gasteiger partial charge >= 0.3 is 0 Å². The van der Waals surface area contributed by atoms with E-state index in [0.29, 0.717) is 0 Å². The smallest absolute Gasteiger partial charge is 0.217 e. The number of nitrogens with one attached hydrogen (secondary N) is 1. The molecule has 1 saturated heterocycles. The van der Waals surface area contributed by atoms with Crippen LogP contribution in [0, 0.1) is 0 Å². The fourth-order valence-electron chi connectivity index (χ4n) is 2.23. The van der Waals surface area contributed by atoms with Gasteiger partial charge in [-0.2, -0.15) is 0 Å². The highest BCUT2D eigenvalue weighted by molar-refractivity contribution is 5.73. The molecular formula is C13H20N4O. The summed E-state index contributed by atoms with van der Waals surface area (Å²) in [6.45, 7) is 5.25. The summed E-state index contributed by atoms with van der Waals surface area (Å²) in [5.74, 6) is 0.981. The first kappa shape index (κ1) is 12.8. The second-order valence-corrected chi connectivity index (χ2v) is 4.87. The molecule has 2 heterocycles. The molecule has 0 bridgehead atoms. The van der Waals surface area contributed by atoms with Gasteiger partial charge in [-0.05, 0) is 25.0 Å². The molecule has 1 unspecified atom stereocenters. The lowest BCUT2D eigenvalue weighted by molar-refractivity contribution is -0.119. The van der Waals surface area contributed by atoms with E-state index in [4.69, 9.17) is 5.73 Å². The van der Waals surface area contributed by atoms with Crippen molar-refractivity contribution in [2.45, 2.75) is 32.4 Å². The fraction of sp³-hybridized carbons (Fsp3) is 0.538. The predicted octanol–water partition coefficient (Wildman–Crippen LogP) is 0.816. The number of carbonyl (C=O) groups excluding carboxylic acids is 1. The van der Waals surface area contributed by atoms with Gasteiger partial charge < -0.3 is 16.0 Å². The molecule has 0 radical (unpaired) electrons. The van der Waals surface area contributed by atoms with Crippen LogP contribution in [0.2, 0.25) is 0 Å². The molecule has 3 N–H and O–H groups in total. The Balaban J connectivity index is 1.98. The Bertz CT molecular complexity index is 416. The van der Waals surface area contributed by atoms with Crippen LogP contribution in [0.1, 0.15) is 31.9 Å². The average molecular weight is 248 g/mol. The van der Waals surface area contributed by atoms with Crippen molar-refractivity contribution < 1.29 is 4.79 Å². The van der Waals surface area contributed by atoms with Crippen molar-refractivity contribution in [3.63, 3.8) is 0 Å². The Morgan fingerprint density at radius 3 is 2.94 bits per heavy atom. The minimum absolute atomic E-state index is 0.0113. The van der Waals surface area contributed by atoms with E-state index in [2.05, 4.69) is 15.2 Å². The molecule has 0 aromatic carbocycles. The van der Waals surface area contributed by atoms with Crippen molar-refractivity contribution in [2.75, 3.05) is 18.0 Å². The monoisotopic (exact) mass is 248 g/mol. The third-order valence-electron chi connectivity index (χ3n) is 3.22. The van der Waals surface area contributed by atoms with Crippen molar-refractivity contribution in [3.05, 3.63) is 23.9 Å². The second kappa shape index (κ2) is 5.35. The number of hydrogen-bond donors (Lipinski definition) is 2. The highest BCUT2D eigenvalue weighted by Gasteiger charge is 2.23. The minimum Gasteiger partial charge on any atom is -0.354 e. The van der Waals surface area contributed by atoms with E-state index in [0.717, 1.165) is 30.9 Å². The van der Waals surface area contributed by atoms with E-state index in [1.165, 1.54) is 0 Å². The zero-order valence-corrected chi connectivity index (χ0v) is 10.9. The molecule has 1 fully saturated rings. The zero-order valence-electron chi connectivity index (χ0n) is 10.9. The van der Waals surface area contributed by atoms with E-state index in [-0.39, 0.29) is 18.0 Å². The molecule has 1 aromatic rings. The van der Waals surface area contributed by atoms with E-state index >= 15 is 0 Å². The van der Waals surface area contributed by atoms with Gasteiger partial charge in [-0.3, -0.25) is 4.79 Å². The fourth-order valence-corrected chi connectivity index (χ4v) is 2.23. The number of hydrogen-bond acceptors (Lipinski definition) is 4. The van der Waals surface area contributed by atoms with Crippen molar-refractivity contribution in [3.8, 4) is 0 Å². The lowest BCUT2D eigenvalue weighted by atomic mass is 10.1. The number of nitrogens with zero attached hydrogens (tertiary/aromatic N) is 2. The molecule has 2 atom stereocenters. The van der Waals surface area contributed by atoms with Gasteiger partial charge in [0.25, 0.3) is 0 Å². The number of rotatable bonds is 3. The molecule has 1 aliphatic rings. The van der Waals surface area contributed by atoms with Crippen molar-refractivity contribution in [1.82, 2.24) is 10.3 Å². The second-order valence-electron chi connectivity index (χ2n) is 4.87. The highest BCUT2D eigenvalue weighted by Crippen LogP contribution is 2.19. The van der Waals surface area contributed by atoms with Crippen LogP contribution in [0.3, 0.4) is 0 Å². The van der Waals surface area contributed by atoms with Gasteiger partial charge in [-0.15, -0.1) is 0 Å². The van der Waals surface area contributed by atoms with Crippen LogP contribution < -0.4 is 16.0 Å². The number of amides is 1. The molecule has 1 aromatic heterocycles. The van der Waals surface area contributed by atoms with Crippen LogP contribution in [-0.4, -0.2) is 30.0 Å². The molecule has 98 valence electrons. The van der Waals surface area contributed by atoms with Crippen LogP contribution in [-0.2, 0) is 4.79 Å². The van der Waals surface area contributed by atoms with Crippen LogP contribution in [0.25, 0.3) is 0 Å². The maximum absolute atomic E-state index is 11.0. The number of aromatic nitrogens is 1. The highest BCUT2D eigenvalue weighted by atomic mass is 16.1. The molecule has 0 spiro atoms. The van der Waals surface area contributed by atoms with Gasteiger partial charge in [-0.25, -0.2) is 4.98 Å². The SMILES string of the molecule is CC(=O)NC1CCN(c2ccc([C@@H](C)N)cn2)C1. The molecule has 0 aliphatic carbocycles. The summed E-state index contributed by atoms with van der Waals surface area (Å²) in [5.41, 5.74) is 6.83. The van der Waals surface area contributed by atoms with E-state index < -0.39 is 0 Å². The quantitative estimate of drug-likeness (QED) is 0.830. The summed E-state index contributed by atoms with van der Waals surface area (Å²) in [6, 6.07) is 4.25. The third-order valence-corrected chi connectivity index (χ3v) is 3.22. The summed E-state index contributed by atoms with van der Waals surface area (Å²) in [4.78, 5) is 17.6. The maximum atomic E-state index is 11.0. The van der Waals surface area contributed by atoms with Gasteiger partial charge in [0.1, 0.15) is 5.82 Å². The lowest BCUT2D eigenvalue weighted by Crippen LogP contribution is -2.35. The summed E-state index contributed by atoms with van der Waals surface area (Å²) in [7, 11) is 0. The minimum atomic E-state index is 0.0113. The van der Waals surface area contributed by atoms with Gasteiger partial charge in [0.15, 0.2) is 0 Å². The van der Waals surface area contributed by atoms with E-state index in [9.17, 15) is 4.79 Å². The molecule has 1 amide bonds. The topological polar surface area (TPSA) is 71.2 Å². The van der Waals surface area contributed by atoms with E-state index in [1.807, 2.05) is 25.3 Å². The molecule has 1 aliphatic heterocycles. The number of anilines is 1. The molecule has 18 heavy (non-hydrogen) atoms. The summed E-state index contributed by atoms with van der Waals surface area (Å²) < 4.78 is 0. The van der Waals surface area contributed by atoms with Gasteiger partial charge in [-0.1, -0.05) is 6.07 Å². The third kappa shape index (κ3) is 2.98. The summed E-state index contributed by atoms with van der Waals surface area (Å²) >= 11 is 0. The van der Waals surface area contributed by atoms with Crippen molar-refractivity contribution in [2.24, 2.45) is 5.73 Å². The Hall–Kier alpha value is -1.62. The zero-order chi connectivity index (χ0) is 13.1. The van der Waals surface area contributed by atoms with E-state index in [1.54, 1.807) is 6.92 Å². The Morgan fingerprint density at radius 2 is 2.39 bits per heavy atom. The number of pyridine rings is 1. The first-order chi connectivity index (χ1) is 8.56.